The lowest BCUT2D eigenvalue weighted by Gasteiger charge is -2.18. The van der Waals surface area contributed by atoms with Crippen LogP contribution in [0.5, 0.6) is 0 Å². The Kier molecular flexibility index (Phi) is 6.19. The number of benzene rings is 6. The van der Waals surface area contributed by atoms with Crippen molar-refractivity contribution in [3.63, 3.8) is 0 Å². The van der Waals surface area contributed by atoms with Crippen LogP contribution in [0.1, 0.15) is 0 Å². The molecule has 0 aliphatic heterocycles. The molecule has 0 spiro atoms. The van der Waals surface area contributed by atoms with Gasteiger partial charge in [-0.05, 0) is 73.6 Å². The molecule has 0 aliphatic carbocycles. The zero-order valence-corrected chi connectivity index (χ0v) is 24.2. The van der Waals surface area contributed by atoms with Crippen LogP contribution in [0.3, 0.4) is 0 Å². The highest BCUT2D eigenvalue weighted by atomic mass is 79.9. The highest BCUT2D eigenvalue weighted by molar-refractivity contribution is 9.11. The lowest BCUT2D eigenvalue weighted by molar-refractivity contribution is 1.17. The van der Waals surface area contributed by atoms with E-state index in [1.165, 1.54) is 49.6 Å². The number of para-hydroxylation sites is 2. The quantitative estimate of drug-likeness (QED) is 0.183. The Hall–Kier alpha value is -3.92. The average molecular weight is 629 g/mol. The predicted molar refractivity (Wildman–Crippen MR) is 172 cm³/mol. The minimum atomic E-state index is 1.07. The van der Waals surface area contributed by atoms with Crippen LogP contribution in [0, 0.1) is 0 Å². The SMILES string of the molecule is Brc1ccccc1-c1ccccc1-c1ccccc1-c1cccc(-n2c3ccccc3c3ccccc32)c1Br. The van der Waals surface area contributed by atoms with Gasteiger partial charge in [0.15, 0.2) is 0 Å². The Morgan fingerprint density at radius 1 is 0.359 bits per heavy atom. The van der Waals surface area contributed by atoms with E-state index in [4.69, 9.17) is 0 Å². The van der Waals surface area contributed by atoms with Crippen molar-refractivity contribution in [3.8, 4) is 39.1 Å². The molecule has 0 saturated heterocycles. The van der Waals surface area contributed by atoms with Crippen LogP contribution in [0.15, 0.2) is 148 Å². The van der Waals surface area contributed by atoms with Crippen LogP contribution in [0.2, 0.25) is 0 Å². The van der Waals surface area contributed by atoms with Crippen LogP contribution in [-0.2, 0) is 0 Å². The van der Waals surface area contributed by atoms with Gasteiger partial charge in [0.2, 0.25) is 0 Å². The maximum atomic E-state index is 4.06. The van der Waals surface area contributed by atoms with E-state index in [-0.39, 0.29) is 0 Å². The number of rotatable bonds is 4. The molecular weight excluding hydrogens is 606 g/mol. The van der Waals surface area contributed by atoms with Crippen LogP contribution in [0.25, 0.3) is 60.9 Å². The molecule has 0 atom stereocenters. The molecular formula is C36H23Br2N. The Balaban J connectivity index is 1.47. The maximum absolute atomic E-state index is 4.06. The number of halogens is 2. The highest BCUT2D eigenvalue weighted by Crippen LogP contribution is 2.44. The summed E-state index contributed by atoms with van der Waals surface area (Å²) in [4.78, 5) is 0. The Morgan fingerprint density at radius 3 is 1.33 bits per heavy atom. The maximum Gasteiger partial charge on any atom is 0.0610 e. The largest absolute Gasteiger partial charge is 0.308 e. The van der Waals surface area contributed by atoms with Gasteiger partial charge in [-0.2, -0.15) is 0 Å². The Labute approximate surface area is 244 Å². The number of nitrogens with zero attached hydrogens (tertiary/aromatic N) is 1. The van der Waals surface area contributed by atoms with Crippen molar-refractivity contribution in [2.45, 2.75) is 0 Å². The van der Waals surface area contributed by atoms with E-state index in [0.717, 1.165) is 20.2 Å². The molecule has 1 heterocycles. The van der Waals surface area contributed by atoms with Gasteiger partial charge in [0.25, 0.3) is 0 Å². The molecule has 39 heavy (non-hydrogen) atoms. The Morgan fingerprint density at radius 2 is 0.769 bits per heavy atom. The van der Waals surface area contributed by atoms with Gasteiger partial charge in [0.1, 0.15) is 0 Å². The summed E-state index contributed by atoms with van der Waals surface area (Å²) < 4.78 is 4.53. The standard InChI is InChI=1S/C36H23Br2N/c37-32-20-8-5-16-28(32)26-14-3-1-12-24(26)25-13-2-4-15-27(25)31-19-11-23-35(36(31)38)39-33-21-9-6-17-29(33)30-18-7-10-22-34(30)39/h1-23H. The molecule has 0 radical (unpaired) electrons. The number of fused-ring (bicyclic) bond motifs is 3. The summed E-state index contributed by atoms with van der Waals surface area (Å²) in [6.45, 7) is 0. The summed E-state index contributed by atoms with van der Waals surface area (Å²) in [6, 6.07) is 49.6. The molecule has 0 fully saturated rings. The van der Waals surface area contributed by atoms with Gasteiger partial charge in [-0.3, -0.25) is 0 Å². The van der Waals surface area contributed by atoms with Crippen molar-refractivity contribution in [2.75, 3.05) is 0 Å². The molecule has 7 rings (SSSR count). The first kappa shape index (κ1) is 24.1. The van der Waals surface area contributed by atoms with Crippen molar-refractivity contribution in [1.29, 1.82) is 0 Å². The number of aromatic nitrogens is 1. The van der Waals surface area contributed by atoms with E-state index < -0.39 is 0 Å². The van der Waals surface area contributed by atoms with Crippen molar-refractivity contribution in [3.05, 3.63) is 148 Å². The van der Waals surface area contributed by atoms with E-state index in [0.29, 0.717) is 0 Å². The summed E-state index contributed by atoms with van der Waals surface area (Å²) in [5.74, 6) is 0. The van der Waals surface area contributed by atoms with E-state index in [9.17, 15) is 0 Å². The van der Waals surface area contributed by atoms with Crippen LogP contribution in [0.4, 0.5) is 0 Å². The summed E-state index contributed by atoms with van der Waals surface area (Å²) in [5.41, 5.74) is 10.6. The molecule has 0 saturated carbocycles. The van der Waals surface area contributed by atoms with Gasteiger partial charge in [-0.15, -0.1) is 0 Å². The number of hydrogen-bond acceptors (Lipinski definition) is 0. The first-order valence-electron chi connectivity index (χ1n) is 12.9. The highest BCUT2D eigenvalue weighted by Gasteiger charge is 2.19. The second-order valence-corrected chi connectivity index (χ2v) is 11.2. The third kappa shape index (κ3) is 4.05. The third-order valence-electron chi connectivity index (χ3n) is 7.40. The van der Waals surface area contributed by atoms with E-state index in [1.54, 1.807) is 0 Å². The van der Waals surface area contributed by atoms with E-state index >= 15 is 0 Å². The van der Waals surface area contributed by atoms with Gasteiger partial charge in [-0.25, -0.2) is 0 Å². The third-order valence-corrected chi connectivity index (χ3v) is 8.92. The minimum absolute atomic E-state index is 1.07. The van der Waals surface area contributed by atoms with Gasteiger partial charge < -0.3 is 4.57 Å². The van der Waals surface area contributed by atoms with Gasteiger partial charge in [0, 0.05) is 19.7 Å². The fourth-order valence-corrected chi connectivity index (χ4v) is 6.82. The summed E-state index contributed by atoms with van der Waals surface area (Å²) >= 11 is 7.84. The molecule has 0 aliphatic rings. The lowest BCUT2D eigenvalue weighted by Crippen LogP contribution is -1.97. The fourth-order valence-electron chi connectivity index (χ4n) is 5.67. The van der Waals surface area contributed by atoms with Crippen LogP contribution >= 0.6 is 31.9 Å². The minimum Gasteiger partial charge on any atom is -0.308 e. The smallest absolute Gasteiger partial charge is 0.0610 e. The zero-order valence-electron chi connectivity index (χ0n) is 21.0. The predicted octanol–water partition coefficient (Wildman–Crippen LogP) is 11.3. The molecule has 0 unspecified atom stereocenters. The van der Waals surface area contributed by atoms with Crippen molar-refractivity contribution in [1.82, 2.24) is 4.57 Å². The first-order valence-corrected chi connectivity index (χ1v) is 14.5. The monoisotopic (exact) mass is 627 g/mol. The molecule has 0 bridgehead atoms. The second kappa shape index (κ2) is 10.00. The fraction of sp³-hybridized carbons (Fsp3) is 0. The number of hydrogen-bond donors (Lipinski definition) is 0. The zero-order chi connectivity index (χ0) is 26.3. The van der Waals surface area contributed by atoms with Gasteiger partial charge in [-0.1, -0.05) is 131 Å². The molecule has 3 heteroatoms. The Bertz CT molecular complexity index is 1950. The van der Waals surface area contributed by atoms with Gasteiger partial charge in [0.05, 0.1) is 16.7 Å². The molecule has 186 valence electrons. The lowest BCUT2D eigenvalue weighted by atomic mass is 9.89. The molecule has 0 amide bonds. The molecule has 7 aromatic rings. The van der Waals surface area contributed by atoms with E-state index in [1.807, 2.05) is 0 Å². The van der Waals surface area contributed by atoms with Gasteiger partial charge >= 0.3 is 0 Å². The van der Waals surface area contributed by atoms with E-state index in [2.05, 4.69) is 176 Å². The molecule has 0 N–H and O–H groups in total. The normalized spacial score (nSPS) is 11.3. The second-order valence-electron chi connectivity index (χ2n) is 9.58. The average Bonchev–Trinajstić information content (AvgIpc) is 3.32. The van der Waals surface area contributed by atoms with Crippen molar-refractivity contribution in [2.24, 2.45) is 0 Å². The molecule has 1 aromatic heterocycles. The van der Waals surface area contributed by atoms with Crippen molar-refractivity contribution < 1.29 is 0 Å². The summed E-state index contributed by atoms with van der Waals surface area (Å²) in [5, 5.41) is 2.52. The van der Waals surface area contributed by atoms with Crippen LogP contribution in [-0.4, -0.2) is 4.57 Å². The molecule has 1 nitrogen and oxygen atoms in total. The topological polar surface area (TPSA) is 4.93 Å². The first-order chi connectivity index (χ1) is 19.2. The van der Waals surface area contributed by atoms with Crippen molar-refractivity contribution >= 4 is 53.7 Å². The van der Waals surface area contributed by atoms with Crippen LogP contribution < -0.4 is 0 Å². The molecule has 6 aromatic carbocycles. The summed E-state index contributed by atoms with van der Waals surface area (Å²) in [6.07, 6.45) is 0. The summed E-state index contributed by atoms with van der Waals surface area (Å²) in [7, 11) is 0.